The number of nitrogens with zero attached hydrogens (tertiary/aromatic N) is 1. The molecule has 0 fully saturated rings. The molecule has 0 spiro atoms. The average molecular weight is 464 g/mol. The van der Waals surface area contributed by atoms with Crippen LogP contribution in [0.25, 0.3) is 0 Å². The molecule has 0 saturated carbocycles. The molecule has 1 aliphatic heterocycles. The van der Waals surface area contributed by atoms with Gasteiger partial charge in [0.1, 0.15) is 5.75 Å². The van der Waals surface area contributed by atoms with E-state index in [9.17, 15) is 14.4 Å². The number of rotatable bonds is 5. The monoisotopic (exact) mass is 464 g/mol. The lowest BCUT2D eigenvalue weighted by Crippen LogP contribution is -2.26. The van der Waals surface area contributed by atoms with Crippen LogP contribution >= 0.6 is 22.9 Å². The summed E-state index contributed by atoms with van der Waals surface area (Å²) in [5.74, 6) is 0.365. The SMILES string of the molecule is CC(=O)c1ccc(N(I)C(=O)COc2ccc3c(c2)CCC(=O)N3)cc1. The summed E-state index contributed by atoms with van der Waals surface area (Å²) in [6, 6.07) is 12.2. The molecular weight excluding hydrogens is 447 g/mol. The van der Waals surface area contributed by atoms with Crippen molar-refractivity contribution in [1.29, 1.82) is 0 Å². The fourth-order valence-electron chi connectivity index (χ4n) is 2.62. The molecule has 1 aliphatic rings. The molecule has 134 valence electrons. The van der Waals surface area contributed by atoms with Gasteiger partial charge < -0.3 is 10.1 Å². The van der Waals surface area contributed by atoms with E-state index in [1.807, 2.05) is 28.9 Å². The number of hydrogen-bond donors (Lipinski definition) is 1. The highest BCUT2D eigenvalue weighted by Crippen LogP contribution is 2.27. The lowest BCUT2D eigenvalue weighted by molar-refractivity contribution is -0.119. The van der Waals surface area contributed by atoms with Crippen LogP contribution in [0.4, 0.5) is 11.4 Å². The lowest BCUT2D eigenvalue weighted by atomic mass is 10.0. The molecule has 0 atom stereocenters. The second kappa shape index (κ2) is 7.86. The van der Waals surface area contributed by atoms with Crippen LogP contribution in [0.5, 0.6) is 5.75 Å². The molecule has 0 saturated heterocycles. The maximum Gasteiger partial charge on any atom is 0.273 e. The van der Waals surface area contributed by atoms with Crippen LogP contribution in [-0.2, 0) is 16.0 Å². The molecule has 0 radical (unpaired) electrons. The first-order chi connectivity index (χ1) is 12.4. The Bertz CT molecular complexity index is 864. The molecule has 3 rings (SSSR count). The highest BCUT2D eigenvalue weighted by Gasteiger charge is 2.17. The van der Waals surface area contributed by atoms with Crippen molar-refractivity contribution in [1.82, 2.24) is 0 Å². The van der Waals surface area contributed by atoms with Gasteiger partial charge in [0.15, 0.2) is 12.4 Å². The number of ether oxygens (including phenoxy) is 1. The number of Topliss-reactive ketones (excluding diaryl/α,β-unsaturated/α-hetero) is 1. The summed E-state index contributed by atoms with van der Waals surface area (Å²) in [6.07, 6.45) is 1.11. The number of amides is 2. The Balaban J connectivity index is 1.61. The van der Waals surface area contributed by atoms with E-state index < -0.39 is 0 Å². The third-order valence-corrected chi connectivity index (χ3v) is 5.15. The number of carbonyl (C=O) groups is 3. The molecule has 2 aromatic carbocycles. The molecule has 0 unspecified atom stereocenters. The van der Waals surface area contributed by atoms with Gasteiger partial charge in [-0.3, -0.25) is 14.4 Å². The van der Waals surface area contributed by atoms with Crippen molar-refractivity contribution in [2.24, 2.45) is 0 Å². The maximum absolute atomic E-state index is 12.3. The van der Waals surface area contributed by atoms with E-state index in [-0.39, 0.29) is 24.2 Å². The second-order valence-corrected chi connectivity index (χ2v) is 6.90. The fourth-order valence-corrected chi connectivity index (χ4v) is 3.08. The summed E-state index contributed by atoms with van der Waals surface area (Å²) < 4.78 is 7.06. The molecule has 1 N–H and O–H groups in total. The van der Waals surface area contributed by atoms with Gasteiger partial charge in [-0.15, -0.1) is 0 Å². The van der Waals surface area contributed by atoms with Crippen molar-refractivity contribution < 1.29 is 19.1 Å². The van der Waals surface area contributed by atoms with E-state index in [0.29, 0.717) is 29.8 Å². The maximum atomic E-state index is 12.3. The Hall–Kier alpha value is -2.42. The van der Waals surface area contributed by atoms with E-state index >= 15 is 0 Å². The van der Waals surface area contributed by atoms with Crippen molar-refractivity contribution >= 4 is 51.8 Å². The Morgan fingerprint density at radius 2 is 1.88 bits per heavy atom. The Morgan fingerprint density at radius 1 is 1.15 bits per heavy atom. The zero-order valence-corrected chi connectivity index (χ0v) is 16.3. The summed E-state index contributed by atoms with van der Waals surface area (Å²) in [6.45, 7) is 1.39. The zero-order chi connectivity index (χ0) is 18.7. The Morgan fingerprint density at radius 3 is 2.58 bits per heavy atom. The predicted molar refractivity (Wildman–Crippen MR) is 107 cm³/mol. The van der Waals surface area contributed by atoms with Gasteiger partial charge >= 0.3 is 0 Å². The number of nitrogens with one attached hydrogen (secondary N) is 1. The van der Waals surface area contributed by atoms with E-state index in [0.717, 1.165) is 11.3 Å². The number of aryl methyl sites for hydroxylation is 1. The van der Waals surface area contributed by atoms with Gasteiger partial charge in [-0.1, -0.05) is 0 Å². The van der Waals surface area contributed by atoms with Crippen LogP contribution in [0.3, 0.4) is 0 Å². The lowest BCUT2D eigenvalue weighted by Gasteiger charge is -2.18. The van der Waals surface area contributed by atoms with Crippen molar-refractivity contribution in [2.75, 3.05) is 15.0 Å². The second-order valence-electron chi connectivity index (χ2n) is 5.93. The van der Waals surface area contributed by atoms with Gasteiger partial charge in [0, 0.05) is 17.7 Å². The minimum absolute atomic E-state index is 0.0118. The number of carbonyl (C=O) groups excluding carboxylic acids is 3. The Labute approximate surface area is 165 Å². The van der Waals surface area contributed by atoms with Crippen LogP contribution in [0.15, 0.2) is 42.5 Å². The average Bonchev–Trinajstić information content (AvgIpc) is 2.65. The first kappa shape index (κ1) is 18.4. The Kier molecular flexibility index (Phi) is 5.55. The van der Waals surface area contributed by atoms with Crippen molar-refractivity contribution in [3.63, 3.8) is 0 Å². The molecule has 2 amide bonds. The van der Waals surface area contributed by atoms with Gasteiger partial charge in [-0.05, 0) is 61.4 Å². The van der Waals surface area contributed by atoms with Gasteiger partial charge in [0.05, 0.1) is 28.6 Å². The number of anilines is 2. The van der Waals surface area contributed by atoms with Crippen LogP contribution in [0.1, 0.15) is 29.3 Å². The fraction of sp³-hybridized carbons (Fsp3) is 0.211. The first-order valence-corrected chi connectivity index (χ1v) is 9.06. The normalized spacial score (nSPS) is 12.8. The van der Waals surface area contributed by atoms with Crippen LogP contribution < -0.4 is 13.2 Å². The molecule has 2 aromatic rings. The van der Waals surface area contributed by atoms with E-state index in [2.05, 4.69) is 5.32 Å². The standard InChI is InChI=1S/C19H17IN2O4/c1-12(23)13-2-5-15(6-3-13)22(20)19(25)11-26-16-7-8-17-14(10-16)4-9-18(24)21-17/h2-3,5-8,10H,4,9,11H2,1H3,(H,21,24). The topological polar surface area (TPSA) is 75.7 Å². The molecule has 0 bridgehead atoms. The van der Waals surface area contributed by atoms with Crippen LogP contribution in [0.2, 0.25) is 0 Å². The minimum Gasteiger partial charge on any atom is -0.484 e. The van der Waals surface area contributed by atoms with Gasteiger partial charge in [-0.25, -0.2) is 3.11 Å². The van der Waals surface area contributed by atoms with Crippen LogP contribution in [0, 0.1) is 0 Å². The smallest absolute Gasteiger partial charge is 0.273 e. The van der Waals surface area contributed by atoms with E-state index in [4.69, 9.17) is 4.74 Å². The largest absolute Gasteiger partial charge is 0.484 e. The zero-order valence-electron chi connectivity index (χ0n) is 14.1. The van der Waals surface area contributed by atoms with Crippen LogP contribution in [-0.4, -0.2) is 24.2 Å². The van der Waals surface area contributed by atoms with Crippen molar-refractivity contribution in [3.05, 3.63) is 53.6 Å². The number of halogens is 1. The van der Waals surface area contributed by atoms with E-state index in [1.54, 1.807) is 36.4 Å². The molecule has 6 nitrogen and oxygen atoms in total. The summed E-state index contributed by atoms with van der Waals surface area (Å²) in [7, 11) is 0. The van der Waals surface area contributed by atoms with Crippen molar-refractivity contribution in [2.45, 2.75) is 19.8 Å². The summed E-state index contributed by atoms with van der Waals surface area (Å²) in [4.78, 5) is 35.0. The molecular formula is C19H17IN2O4. The predicted octanol–water partition coefficient (Wildman–Crippen LogP) is 3.54. The summed E-state index contributed by atoms with van der Waals surface area (Å²) in [5.41, 5.74) is 3.07. The highest BCUT2D eigenvalue weighted by molar-refractivity contribution is 14.1. The van der Waals surface area contributed by atoms with Crippen molar-refractivity contribution in [3.8, 4) is 5.75 Å². The third kappa shape index (κ3) is 4.21. The molecule has 1 heterocycles. The highest BCUT2D eigenvalue weighted by atomic mass is 127. The molecule has 0 aromatic heterocycles. The molecule has 7 heteroatoms. The number of ketones is 1. The third-order valence-electron chi connectivity index (χ3n) is 4.05. The molecule has 0 aliphatic carbocycles. The quantitative estimate of drug-likeness (QED) is 0.418. The summed E-state index contributed by atoms with van der Waals surface area (Å²) >= 11 is 1.91. The molecule has 26 heavy (non-hydrogen) atoms. The van der Waals surface area contributed by atoms with Gasteiger partial charge in [-0.2, -0.15) is 0 Å². The number of benzene rings is 2. The number of hydrogen-bond acceptors (Lipinski definition) is 4. The van der Waals surface area contributed by atoms with Gasteiger partial charge in [0.25, 0.3) is 5.91 Å². The number of fused-ring (bicyclic) bond motifs is 1. The first-order valence-electron chi connectivity index (χ1n) is 8.09. The minimum atomic E-state index is -0.216. The van der Waals surface area contributed by atoms with E-state index in [1.165, 1.54) is 10.0 Å². The summed E-state index contributed by atoms with van der Waals surface area (Å²) in [5, 5.41) is 2.81. The van der Waals surface area contributed by atoms with Gasteiger partial charge in [0.2, 0.25) is 5.91 Å².